The predicted octanol–water partition coefficient (Wildman–Crippen LogP) is 0.309. The van der Waals surface area contributed by atoms with Crippen LogP contribution in [0.25, 0.3) is 0 Å². The van der Waals surface area contributed by atoms with Gasteiger partial charge >= 0.3 is 11.8 Å². The predicted molar refractivity (Wildman–Crippen MR) is 84.0 cm³/mol. The van der Waals surface area contributed by atoms with Gasteiger partial charge in [-0.05, 0) is 25.7 Å². The van der Waals surface area contributed by atoms with Gasteiger partial charge in [0.2, 0.25) is 5.91 Å². The van der Waals surface area contributed by atoms with Gasteiger partial charge in [0.25, 0.3) is 0 Å². The van der Waals surface area contributed by atoms with Crippen LogP contribution in [0.15, 0.2) is 0 Å². The fraction of sp³-hybridized carbons (Fsp3) is 0.600. The molecule has 122 valence electrons. The number of nitrogens with one attached hydrogen (secondary N) is 2. The molecule has 2 N–H and O–H groups in total. The number of nitrogens with zero attached hydrogens (tertiary/aromatic N) is 2. The minimum absolute atomic E-state index is 0.0355. The Morgan fingerprint density at radius 3 is 2.78 bits per heavy atom. The lowest BCUT2D eigenvalue weighted by Crippen LogP contribution is -2.65. The molecule has 2 aliphatic heterocycles. The number of thiazole rings is 1. The van der Waals surface area contributed by atoms with Crippen molar-refractivity contribution in [3.63, 3.8) is 0 Å². The van der Waals surface area contributed by atoms with Crippen LogP contribution in [0, 0.1) is 5.41 Å². The van der Waals surface area contributed by atoms with Crippen LogP contribution in [-0.2, 0) is 27.2 Å². The quantitative estimate of drug-likeness (QED) is 0.723. The molecule has 0 saturated carbocycles. The highest BCUT2D eigenvalue weighted by Gasteiger charge is 2.48. The third-order valence-electron chi connectivity index (χ3n) is 4.89. The van der Waals surface area contributed by atoms with Crippen molar-refractivity contribution in [1.29, 1.82) is 0 Å². The van der Waals surface area contributed by atoms with E-state index >= 15 is 0 Å². The van der Waals surface area contributed by atoms with E-state index in [4.69, 9.17) is 0 Å². The number of hydrogen-bond donors (Lipinski definition) is 2. The number of likely N-dealkylation sites (tertiary alicyclic amines) is 1. The molecular formula is C15H18N4O3S. The molecule has 3 aliphatic rings. The van der Waals surface area contributed by atoms with Crippen molar-refractivity contribution in [1.82, 2.24) is 15.2 Å². The van der Waals surface area contributed by atoms with Crippen LogP contribution >= 0.6 is 11.3 Å². The maximum absolute atomic E-state index is 12.2. The Balaban J connectivity index is 1.33. The maximum Gasteiger partial charge on any atom is 0.315 e. The van der Waals surface area contributed by atoms with Gasteiger partial charge < -0.3 is 10.2 Å². The van der Waals surface area contributed by atoms with Crippen LogP contribution in [0.3, 0.4) is 0 Å². The Labute approximate surface area is 137 Å². The van der Waals surface area contributed by atoms with Gasteiger partial charge in [-0.2, -0.15) is 0 Å². The number of fused-ring (bicyclic) bond motifs is 1. The number of anilines is 1. The molecule has 1 aliphatic carbocycles. The third kappa shape index (κ3) is 2.60. The van der Waals surface area contributed by atoms with Gasteiger partial charge in [-0.15, -0.1) is 11.3 Å². The largest absolute Gasteiger partial charge is 0.355 e. The van der Waals surface area contributed by atoms with E-state index in [-0.39, 0.29) is 11.3 Å². The van der Waals surface area contributed by atoms with E-state index in [9.17, 15) is 14.4 Å². The third-order valence-corrected chi connectivity index (χ3v) is 5.97. The lowest BCUT2D eigenvalue weighted by molar-refractivity contribution is -0.153. The van der Waals surface area contributed by atoms with Gasteiger partial charge in [0.1, 0.15) is 0 Å². The Hall–Kier alpha value is -1.96. The van der Waals surface area contributed by atoms with Crippen molar-refractivity contribution in [3.05, 3.63) is 10.6 Å². The first-order valence-corrected chi connectivity index (χ1v) is 8.72. The first-order chi connectivity index (χ1) is 11.0. The second-order valence-corrected chi connectivity index (χ2v) is 7.72. The van der Waals surface area contributed by atoms with E-state index < -0.39 is 11.8 Å². The van der Waals surface area contributed by atoms with E-state index in [1.807, 2.05) is 0 Å². The first kappa shape index (κ1) is 14.6. The molecular weight excluding hydrogens is 316 g/mol. The zero-order valence-electron chi connectivity index (χ0n) is 12.7. The van der Waals surface area contributed by atoms with Crippen LogP contribution in [-0.4, -0.2) is 47.2 Å². The molecule has 0 radical (unpaired) electrons. The van der Waals surface area contributed by atoms with Gasteiger partial charge in [-0.1, -0.05) is 0 Å². The fourth-order valence-electron chi connectivity index (χ4n) is 3.56. The number of hydrogen-bond acceptors (Lipinski definition) is 5. The van der Waals surface area contributed by atoms with Crippen molar-refractivity contribution < 1.29 is 14.4 Å². The van der Waals surface area contributed by atoms with Crippen LogP contribution < -0.4 is 10.6 Å². The van der Waals surface area contributed by atoms with Gasteiger partial charge in [0.05, 0.1) is 5.69 Å². The molecule has 1 aromatic heterocycles. The smallest absolute Gasteiger partial charge is 0.315 e. The maximum atomic E-state index is 12.2. The summed E-state index contributed by atoms with van der Waals surface area (Å²) in [6.45, 7) is 1.66. The summed E-state index contributed by atoms with van der Waals surface area (Å²) in [6, 6.07) is 0. The molecule has 0 aromatic carbocycles. The van der Waals surface area contributed by atoms with Crippen LogP contribution in [0.1, 0.15) is 29.8 Å². The minimum Gasteiger partial charge on any atom is -0.355 e. The van der Waals surface area contributed by atoms with E-state index in [2.05, 4.69) is 15.6 Å². The van der Waals surface area contributed by atoms with E-state index in [0.717, 1.165) is 31.4 Å². The summed E-state index contributed by atoms with van der Waals surface area (Å²) in [5.41, 5.74) is 1.02. The summed E-state index contributed by atoms with van der Waals surface area (Å²) >= 11 is 1.47. The summed E-state index contributed by atoms with van der Waals surface area (Å²) in [5.74, 6) is -1.06. The van der Waals surface area contributed by atoms with Gasteiger partial charge in [-0.25, -0.2) is 4.98 Å². The van der Waals surface area contributed by atoms with Crippen molar-refractivity contribution in [2.24, 2.45) is 5.41 Å². The number of rotatable bonds is 1. The standard InChI is InChI=1S/C15H18N4O3S/c20-11-4-5-15(6-16-11)7-19(8-15)13(22)12(21)18-14-17-9-2-1-3-10(9)23-14/h1-8H2,(H,16,20)(H,17,18,21). The monoisotopic (exact) mass is 334 g/mol. The van der Waals surface area contributed by atoms with E-state index in [0.29, 0.717) is 31.2 Å². The highest BCUT2D eigenvalue weighted by atomic mass is 32.1. The second-order valence-electron chi connectivity index (χ2n) is 6.63. The minimum atomic E-state index is -0.618. The van der Waals surface area contributed by atoms with Crippen molar-refractivity contribution >= 4 is 34.2 Å². The summed E-state index contributed by atoms with van der Waals surface area (Å²) in [5, 5.41) is 5.99. The zero-order chi connectivity index (χ0) is 16.0. The Morgan fingerprint density at radius 1 is 1.26 bits per heavy atom. The zero-order valence-corrected chi connectivity index (χ0v) is 13.5. The van der Waals surface area contributed by atoms with Crippen molar-refractivity contribution in [3.8, 4) is 0 Å². The topological polar surface area (TPSA) is 91.4 Å². The first-order valence-electron chi connectivity index (χ1n) is 7.90. The van der Waals surface area contributed by atoms with Gasteiger partial charge in [0, 0.05) is 36.3 Å². The molecule has 0 unspecified atom stereocenters. The Kier molecular flexibility index (Phi) is 3.37. The number of aromatic nitrogens is 1. The van der Waals surface area contributed by atoms with Gasteiger partial charge in [-0.3, -0.25) is 19.7 Å². The van der Waals surface area contributed by atoms with E-state index in [1.165, 1.54) is 16.2 Å². The molecule has 0 atom stereocenters. The van der Waals surface area contributed by atoms with Gasteiger partial charge in [0.15, 0.2) is 5.13 Å². The summed E-state index contributed by atoms with van der Waals surface area (Å²) in [6.07, 6.45) is 4.36. The number of carbonyl (C=O) groups is 3. The summed E-state index contributed by atoms with van der Waals surface area (Å²) in [7, 11) is 0. The highest BCUT2D eigenvalue weighted by Crippen LogP contribution is 2.37. The molecule has 1 aromatic rings. The van der Waals surface area contributed by atoms with Crippen LogP contribution in [0.5, 0.6) is 0 Å². The molecule has 2 saturated heterocycles. The second kappa shape index (κ2) is 5.30. The van der Waals surface area contributed by atoms with Crippen LogP contribution in [0.2, 0.25) is 0 Å². The number of carbonyl (C=O) groups excluding carboxylic acids is 3. The Bertz CT molecular complexity index is 659. The number of aryl methyl sites for hydroxylation is 2. The molecule has 1 spiro atoms. The molecule has 2 fully saturated rings. The lowest BCUT2D eigenvalue weighted by atomic mass is 9.74. The fourth-order valence-corrected chi connectivity index (χ4v) is 4.60. The summed E-state index contributed by atoms with van der Waals surface area (Å²) < 4.78 is 0. The van der Waals surface area contributed by atoms with Crippen molar-refractivity contribution in [2.45, 2.75) is 32.1 Å². The van der Waals surface area contributed by atoms with E-state index in [1.54, 1.807) is 4.90 Å². The molecule has 3 amide bonds. The molecule has 4 rings (SSSR count). The molecule has 0 bridgehead atoms. The normalized spacial score (nSPS) is 21.6. The average Bonchev–Trinajstić information content (AvgIpc) is 3.06. The molecule has 3 heterocycles. The van der Waals surface area contributed by atoms with Crippen molar-refractivity contribution in [2.75, 3.05) is 25.0 Å². The highest BCUT2D eigenvalue weighted by molar-refractivity contribution is 7.16. The van der Waals surface area contributed by atoms with Crippen LogP contribution in [0.4, 0.5) is 5.13 Å². The Morgan fingerprint density at radius 2 is 2.09 bits per heavy atom. The SMILES string of the molecule is O=C1CCC2(CN1)CN(C(=O)C(=O)Nc1nc3c(s1)CCC3)C2. The summed E-state index contributed by atoms with van der Waals surface area (Å²) in [4.78, 5) is 42.6. The average molecular weight is 334 g/mol. The number of amides is 3. The lowest BCUT2D eigenvalue weighted by Gasteiger charge is -2.51. The molecule has 7 nitrogen and oxygen atoms in total. The molecule has 8 heteroatoms. The number of piperidine rings is 1. The molecule has 23 heavy (non-hydrogen) atoms.